The molecule has 2 rings (SSSR count). The molecule has 0 radical (unpaired) electrons. The van der Waals surface area contributed by atoms with Crippen molar-refractivity contribution in [2.24, 2.45) is 0 Å². The van der Waals surface area contributed by atoms with Crippen molar-refractivity contribution in [3.63, 3.8) is 0 Å². The van der Waals surface area contributed by atoms with E-state index in [4.69, 9.17) is 5.73 Å². The molecule has 0 atom stereocenters. The van der Waals surface area contributed by atoms with Crippen LogP contribution in [-0.2, 0) is 0 Å². The highest BCUT2D eigenvalue weighted by Gasteiger charge is 2.38. The SMILES string of the molecule is Nc1ccc(N(CC(F)(F)F)C2CC2)c(I)c1. The quantitative estimate of drug-likeness (QED) is 0.665. The van der Waals surface area contributed by atoms with Crippen molar-refractivity contribution in [1.29, 1.82) is 0 Å². The summed E-state index contributed by atoms with van der Waals surface area (Å²) in [4.78, 5) is 1.43. The Morgan fingerprint density at radius 2 is 2.00 bits per heavy atom. The Morgan fingerprint density at radius 1 is 1.35 bits per heavy atom. The van der Waals surface area contributed by atoms with Crippen LogP contribution in [0.3, 0.4) is 0 Å². The number of rotatable bonds is 3. The van der Waals surface area contributed by atoms with Gasteiger partial charge in [0.1, 0.15) is 6.54 Å². The maximum absolute atomic E-state index is 12.5. The Hall–Kier alpha value is -0.660. The number of alkyl halides is 3. The molecule has 1 aliphatic carbocycles. The second-order valence-corrected chi connectivity index (χ2v) is 5.35. The Labute approximate surface area is 111 Å². The third-order valence-corrected chi connectivity index (χ3v) is 3.48. The lowest BCUT2D eigenvalue weighted by Gasteiger charge is -2.27. The molecule has 2 N–H and O–H groups in total. The molecule has 1 aliphatic rings. The summed E-state index contributed by atoms with van der Waals surface area (Å²) in [6.45, 7) is -0.891. The van der Waals surface area contributed by atoms with Gasteiger partial charge in [-0.05, 0) is 53.6 Å². The van der Waals surface area contributed by atoms with Crippen molar-refractivity contribution < 1.29 is 13.2 Å². The Morgan fingerprint density at radius 3 is 2.47 bits per heavy atom. The molecule has 0 spiro atoms. The van der Waals surface area contributed by atoms with Crippen LogP contribution < -0.4 is 10.6 Å². The van der Waals surface area contributed by atoms with Crippen LogP contribution in [0.1, 0.15) is 12.8 Å². The van der Waals surface area contributed by atoms with Gasteiger partial charge < -0.3 is 10.6 Å². The van der Waals surface area contributed by atoms with E-state index in [2.05, 4.69) is 0 Å². The van der Waals surface area contributed by atoms with Crippen molar-refractivity contribution in [2.45, 2.75) is 25.1 Å². The van der Waals surface area contributed by atoms with E-state index in [0.29, 0.717) is 11.4 Å². The molecule has 6 heteroatoms. The fourth-order valence-electron chi connectivity index (χ4n) is 1.75. The summed E-state index contributed by atoms with van der Waals surface area (Å²) in [5, 5.41) is 0. The molecule has 1 saturated carbocycles. The van der Waals surface area contributed by atoms with Gasteiger partial charge in [0, 0.05) is 15.3 Å². The van der Waals surface area contributed by atoms with E-state index in [0.717, 1.165) is 16.4 Å². The first-order valence-corrected chi connectivity index (χ1v) is 6.33. The van der Waals surface area contributed by atoms with E-state index < -0.39 is 12.7 Å². The highest BCUT2D eigenvalue weighted by molar-refractivity contribution is 14.1. The Balaban J connectivity index is 2.26. The zero-order valence-corrected chi connectivity index (χ0v) is 11.1. The molecule has 0 bridgehead atoms. The number of nitrogens with two attached hydrogens (primary N) is 1. The molecule has 0 saturated heterocycles. The molecule has 0 heterocycles. The summed E-state index contributed by atoms with van der Waals surface area (Å²) in [6, 6.07) is 5.03. The molecule has 0 aliphatic heterocycles. The minimum absolute atomic E-state index is 0.0220. The van der Waals surface area contributed by atoms with Crippen LogP contribution in [0.25, 0.3) is 0 Å². The van der Waals surface area contributed by atoms with Crippen LogP contribution in [0.2, 0.25) is 0 Å². The van der Waals surface area contributed by atoms with Crippen LogP contribution in [0, 0.1) is 3.57 Å². The fraction of sp³-hybridized carbons (Fsp3) is 0.455. The maximum atomic E-state index is 12.5. The van der Waals surface area contributed by atoms with Gasteiger partial charge in [0.25, 0.3) is 0 Å². The highest BCUT2D eigenvalue weighted by atomic mass is 127. The smallest absolute Gasteiger partial charge is 0.399 e. The minimum atomic E-state index is -4.17. The Kier molecular flexibility index (Phi) is 3.42. The zero-order chi connectivity index (χ0) is 12.6. The van der Waals surface area contributed by atoms with Crippen molar-refractivity contribution in [2.75, 3.05) is 17.2 Å². The van der Waals surface area contributed by atoms with Gasteiger partial charge in [0.05, 0.1) is 5.69 Å². The average molecular weight is 356 g/mol. The first-order chi connectivity index (χ1) is 7.87. The molecule has 1 aromatic carbocycles. The predicted octanol–water partition coefficient (Wildman–Crippen LogP) is 3.40. The minimum Gasteiger partial charge on any atom is -0.399 e. The lowest BCUT2D eigenvalue weighted by Crippen LogP contribution is -2.36. The van der Waals surface area contributed by atoms with Crippen LogP contribution >= 0.6 is 22.6 Å². The molecule has 1 aromatic rings. The third-order valence-electron chi connectivity index (χ3n) is 2.62. The van der Waals surface area contributed by atoms with Gasteiger partial charge in [-0.25, -0.2) is 0 Å². The van der Waals surface area contributed by atoms with Gasteiger partial charge in [-0.3, -0.25) is 0 Å². The van der Waals surface area contributed by atoms with E-state index >= 15 is 0 Å². The van der Waals surface area contributed by atoms with Crippen molar-refractivity contribution in [3.05, 3.63) is 21.8 Å². The molecule has 94 valence electrons. The molecule has 0 amide bonds. The number of hydrogen-bond acceptors (Lipinski definition) is 2. The highest BCUT2D eigenvalue weighted by Crippen LogP contribution is 2.37. The summed E-state index contributed by atoms with van der Waals surface area (Å²) in [5.74, 6) is 0. The summed E-state index contributed by atoms with van der Waals surface area (Å²) >= 11 is 2.02. The molecular formula is C11H12F3IN2. The summed E-state index contributed by atoms with van der Waals surface area (Å²) in [5.41, 5.74) is 6.80. The summed E-state index contributed by atoms with van der Waals surface area (Å²) < 4.78 is 38.3. The van der Waals surface area contributed by atoms with Crippen LogP contribution in [0.15, 0.2) is 18.2 Å². The first-order valence-electron chi connectivity index (χ1n) is 5.25. The van der Waals surface area contributed by atoms with Crippen molar-refractivity contribution in [1.82, 2.24) is 0 Å². The molecule has 0 aromatic heterocycles. The molecular weight excluding hydrogens is 344 g/mol. The van der Waals surface area contributed by atoms with Gasteiger partial charge in [-0.1, -0.05) is 0 Å². The zero-order valence-electron chi connectivity index (χ0n) is 8.97. The number of benzene rings is 1. The number of hydrogen-bond donors (Lipinski definition) is 1. The summed E-state index contributed by atoms with van der Waals surface area (Å²) in [6.07, 6.45) is -2.51. The average Bonchev–Trinajstić information content (AvgIpc) is 2.96. The summed E-state index contributed by atoms with van der Waals surface area (Å²) in [7, 11) is 0. The Bertz CT molecular complexity index is 416. The van der Waals surface area contributed by atoms with E-state index in [1.54, 1.807) is 18.2 Å². The standard InChI is InChI=1S/C11H12F3IN2/c12-11(13,14)6-17(8-2-3-8)10-4-1-7(16)5-9(10)15/h1,4-5,8H,2-3,6,16H2. The predicted molar refractivity (Wildman–Crippen MR) is 70.0 cm³/mol. The van der Waals surface area contributed by atoms with E-state index in [9.17, 15) is 13.2 Å². The molecule has 17 heavy (non-hydrogen) atoms. The third kappa shape index (κ3) is 3.40. The lowest BCUT2D eigenvalue weighted by molar-refractivity contribution is -0.120. The van der Waals surface area contributed by atoms with E-state index in [-0.39, 0.29) is 6.04 Å². The van der Waals surface area contributed by atoms with Crippen LogP contribution in [-0.4, -0.2) is 18.8 Å². The largest absolute Gasteiger partial charge is 0.405 e. The number of nitrogens with zero attached hydrogens (tertiary/aromatic N) is 1. The maximum Gasteiger partial charge on any atom is 0.405 e. The lowest BCUT2D eigenvalue weighted by atomic mass is 10.2. The van der Waals surface area contributed by atoms with Crippen LogP contribution in [0.5, 0.6) is 0 Å². The number of nitrogen functional groups attached to an aromatic ring is 1. The molecule has 1 fully saturated rings. The van der Waals surface area contributed by atoms with Crippen molar-refractivity contribution in [3.8, 4) is 0 Å². The van der Waals surface area contributed by atoms with Gasteiger partial charge in [0.15, 0.2) is 0 Å². The first kappa shape index (κ1) is 12.8. The monoisotopic (exact) mass is 356 g/mol. The van der Waals surface area contributed by atoms with Crippen LogP contribution in [0.4, 0.5) is 24.5 Å². The second kappa shape index (κ2) is 4.55. The number of halogens is 4. The molecule has 0 unspecified atom stereocenters. The van der Waals surface area contributed by atoms with Gasteiger partial charge in [-0.15, -0.1) is 0 Å². The normalized spacial score (nSPS) is 16.0. The van der Waals surface area contributed by atoms with Gasteiger partial charge >= 0.3 is 6.18 Å². The topological polar surface area (TPSA) is 29.3 Å². The molecule has 2 nitrogen and oxygen atoms in total. The van der Waals surface area contributed by atoms with E-state index in [1.807, 2.05) is 22.6 Å². The number of anilines is 2. The van der Waals surface area contributed by atoms with E-state index in [1.165, 1.54) is 4.90 Å². The second-order valence-electron chi connectivity index (χ2n) is 4.19. The van der Waals surface area contributed by atoms with Gasteiger partial charge in [0.2, 0.25) is 0 Å². The van der Waals surface area contributed by atoms with Crippen molar-refractivity contribution >= 4 is 34.0 Å². The van der Waals surface area contributed by atoms with Gasteiger partial charge in [-0.2, -0.15) is 13.2 Å². The fourth-order valence-corrected chi connectivity index (χ4v) is 2.60.